The molecule has 0 spiro atoms. The third-order valence-electron chi connectivity index (χ3n) is 5.51. The second kappa shape index (κ2) is 9.38. The Morgan fingerprint density at radius 1 is 1.18 bits per heavy atom. The summed E-state index contributed by atoms with van der Waals surface area (Å²) >= 11 is 6.15. The van der Waals surface area contributed by atoms with E-state index in [4.69, 9.17) is 21.5 Å². The molecule has 4 rings (SSSR count). The highest BCUT2D eigenvalue weighted by atomic mass is 35.5. The van der Waals surface area contributed by atoms with Crippen LogP contribution < -0.4 is 15.2 Å². The standard InChI is InChI=1S/C23H23ClN4O4S/c1-32-21-9-5-3-7-16(21)14-28-20-11-17(12-22(33(25,30)31)18(20)13-26-28)27-23(29)10-15-6-2-4-8-19(15)24/h2-9,11-13,18,20H,10,14H2,1H3,(H,27,29)(H2,25,30,31). The number of hydrogen-bond acceptors (Lipinski definition) is 6. The summed E-state index contributed by atoms with van der Waals surface area (Å²) in [6.45, 7) is 0.386. The molecule has 2 aromatic rings. The molecular weight excluding hydrogens is 464 g/mol. The Hall–Kier alpha value is -3.14. The quantitative estimate of drug-likeness (QED) is 0.624. The van der Waals surface area contributed by atoms with E-state index < -0.39 is 22.0 Å². The fourth-order valence-corrected chi connectivity index (χ4v) is 5.02. The molecule has 1 heterocycles. The van der Waals surface area contributed by atoms with Gasteiger partial charge in [0, 0.05) is 22.5 Å². The molecule has 33 heavy (non-hydrogen) atoms. The van der Waals surface area contributed by atoms with Gasteiger partial charge in [0.15, 0.2) is 0 Å². The van der Waals surface area contributed by atoms with Gasteiger partial charge < -0.3 is 10.1 Å². The lowest BCUT2D eigenvalue weighted by Crippen LogP contribution is -2.38. The molecule has 8 nitrogen and oxygen atoms in total. The third-order valence-corrected chi connectivity index (χ3v) is 6.93. The average Bonchev–Trinajstić information content (AvgIpc) is 3.17. The molecule has 0 bridgehead atoms. The molecule has 0 fully saturated rings. The maximum Gasteiger partial charge on any atom is 0.235 e. The maximum atomic E-state index is 12.7. The topological polar surface area (TPSA) is 114 Å². The number of carbonyl (C=O) groups excluding carboxylic acids is 1. The monoisotopic (exact) mass is 486 g/mol. The predicted octanol–water partition coefficient (Wildman–Crippen LogP) is 2.56. The van der Waals surface area contributed by atoms with Gasteiger partial charge in [-0.15, -0.1) is 0 Å². The van der Waals surface area contributed by atoms with Crippen molar-refractivity contribution in [3.63, 3.8) is 0 Å². The Bertz CT molecular complexity index is 1270. The Kier molecular flexibility index (Phi) is 6.55. The molecule has 1 amide bonds. The number of primary sulfonamides is 1. The number of sulfonamides is 1. The van der Waals surface area contributed by atoms with Gasteiger partial charge in [0.25, 0.3) is 0 Å². The molecule has 0 aromatic heterocycles. The first-order chi connectivity index (χ1) is 15.8. The van der Waals surface area contributed by atoms with Gasteiger partial charge in [0.2, 0.25) is 15.9 Å². The zero-order valence-corrected chi connectivity index (χ0v) is 19.4. The van der Waals surface area contributed by atoms with Crippen LogP contribution in [0.1, 0.15) is 11.1 Å². The predicted molar refractivity (Wildman–Crippen MR) is 127 cm³/mol. The van der Waals surface area contributed by atoms with Gasteiger partial charge in [-0.25, -0.2) is 13.6 Å². The number of para-hydroxylation sites is 1. The van der Waals surface area contributed by atoms with Crippen LogP contribution in [0.2, 0.25) is 5.02 Å². The number of methoxy groups -OCH3 is 1. The van der Waals surface area contributed by atoms with Crippen LogP contribution in [-0.2, 0) is 27.8 Å². The average molecular weight is 487 g/mol. The van der Waals surface area contributed by atoms with Gasteiger partial charge in [-0.2, -0.15) is 5.10 Å². The number of carbonyl (C=O) groups is 1. The third kappa shape index (κ3) is 5.11. The van der Waals surface area contributed by atoms with Gasteiger partial charge in [-0.05, 0) is 29.8 Å². The minimum Gasteiger partial charge on any atom is -0.496 e. The van der Waals surface area contributed by atoms with Crippen molar-refractivity contribution in [2.75, 3.05) is 7.11 Å². The summed E-state index contributed by atoms with van der Waals surface area (Å²) in [6, 6.07) is 14.1. The van der Waals surface area contributed by atoms with Crippen LogP contribution >= 0.6 is 11.6 Å². The molecule has 2 aromatic carbocycles. The van der Waals surface area contributed by atoms with E-state index in [2.05, 4.69) is 10.4 Å². The SMILES string of the molecule is COc1ccccc1CN1N=CC2C(S(N)(=O)=O)=CC(NC(=O)Cc3ccccc3Cl)=CC21. The summed E-state index contributed by atoms with van der Waals surface area (Å²) < 4.78 is 30.0. The van der Waals surface area contributed by atoms with E-state index in [1.807, 2.05) is 24.3 Å². The molecule has 3 N–H and O–H groups in total. The number of allylic oxidation sites excluding steroid dienone is 1. The zero-order chi connectivity index (χ0) is 23.6. The van der Waals surface area contributed by atoms with Crippen LogP contribution in [0.3, 0.4) is 0 Å². The Morgan fingerprint density at radius 2 is 1.88 bits per heavy atom. The molecular formula is C23H23ClN4O4S. The van der Waals surface area contributed by atoms with Crippen LogP contribution in [0.15, 0.2) is 76.4 Å². The second-order valence-corrected chi connectivity index (χ2v) is 9.69. The first-order valence-electron chi connectivity index (χ1n) is 10.2. The van der Waals surface area contributed by atoms with Crippen molar-refractivity contribution in [3.8, 4) is 5.75 Å². The molecule has 0 saturated carbocycles. The van der Waals surface area contributed by atoms with Crippen molar-refractivity contribution < 1.29 is 17.9 Å². The number of fused-ring (bicyclic) bond motifs is 1. The smallest absolute Gasteiger partial charge is 0.235 e. The summed E-state index contributed by atoms with van der Waals surface area (Å²) in [6.07, 6.45) is 4.78. The van der Waals surface area contributed by atoms with Crippen molar-refractivity contribution in [2.45, 2.75) is 19.0 Å². The number of ether oxygens (including phenoxy) is 1. The largest absolute Gasteiger partial charge is 0.496 e. The van der Waals surface area contributed by atoms with Crippen molar-refractivity contribution >= 4 is 33.7 Å². The van der Waals surface area contributed by atoms with Crippen molar-refractivity contribution in [2.24, 2.45) is 16.2 Å². The van der Waals surface area contributed by atoms with E-state index in [1.165, 1.54) is 6.08 Å². The van der Waals surface area contributed by atoms with Crippen LogP contribution in [0, 0.1) is 5.92 Å². The molecule has 1 aliphatic carbocycles. The van der Waals surface area contributed by atoms with Gasteiger partial charge >= 0.3 is 0 Å². The van der Waals surface area contributed by atoms with Gasteiger partial charge in [-0.1, -0.05) is 48.0 Å². The van der Waals surface area contributed by atoms with E-state index in [-0.39, 0.29) is 17.2 Å². The number of nitrogens with zero attached hydrogens (tertiary/aromatic N) is 2. The number of nitrogens with two attached hydrogens (primary N) is 1. The Labute approximate surface area is 197 Å². The number of halogens is 1. The van der Waals surface area contributed by atoms with Crippen LogP contribution in [0.25, 0.3) is 0 Å². The lowest BCUT2D eigenvalue weighted by Gasteiger charge is -2.30. The Morgan fingerprint density at radius 3 is 2.58 bits per heavy atom. The maximum absolute atomic E-state index is 12.7. The number of nitrogens with one attached hydrogen (secondary N) is 1. The molecule has 10 heteroatoms. The van der Waals surface area contributed by atoms with E-state index >= 15 is 0 Å². The second-order valence-electron chi connectivity index (χ2n) is 7.72. The van der Waals surface area contributed by atoms with Crippen molar-refractivity contribution in [1.29, 1.82) is 0 Å². The van der Waals surface area contributed by atoms with Gasteiger partial charge in [0.1, 0.15) is 5.75 Å². The van der Waals surface area contributed by atoms with Crippen LogP contribution in [-0.4, -0.2) is 38.7 Å². The summed E-state index contributed by atoms with van der Waals surface area (Å²) in [7, 11) is -2.43. The van der Waals surface area contributed by atoms with Gasteiger partial charge in [-0.3, -0.25) is 9.80 Å². The lowest BCUT2D eigenvalue weighted by molar-refractivity contribution is -0.119. The number of amides is 1. The Balaban J connectivity index is 1.59. The first-order valence-corrected chi connectivity index (χ1v) is 12.1. The fourth-order valence-electron chi connectivity index (χ4n) is 3.94. The molecule has 0 radical (unpaired) electrons. The number of benzene rings is 2. The highest BCUT2D eigenvalue weighted by Crippen LogP contribution is 2.34. The van der Waals surface area contributed by atoms with E-state index in [1.54, 1.807) is 48.7 Å². The number of hydrazone groups is 1. The van der Waals surface area contributed by atoms with E-state index in [0.29, 0.717) is 28.6 Å². The van der Waals surface area contributed by atoms with E-state index in [9.17, 15) is 13.2 Å². The summed E-state index contributed by atoms with van der Waals surface area (Å²) in [5, 5.41) is 14.9. The normalized spacial score (nSPS) is 19.5. The molecule has 2 atom stereocenters. The van der Waals surface area contributed by atoms with Crippen LogP contribution in [0.5, 0.6) is 5.75 Å². The summed E-state index contributed by atoms with van der Waals surface area (Å²) in [4.78, 5) is 12.7. The molecule has 1 aliphatic heterocycles. The fraction of sp³-hybridized carbons (Fsp3) is 0.217. The van der Waals surface area contributed by atoms with Crippen LogP contribution in [0.4, 0.5) is 0 Å². The molecule has 0 saturated heterocycles. The zero-order valence-electron chi connectivity index (χ0n) is 17.8. The number of hydrogen-bond donors (Lipinski definition) is 2. The lowest BCUT2D eigenvalue weighted by atomic mass is 9.94. The number of rotatable bonds is 7. The van der Waals surface area contributed by atoms with Crippen molar-refractivity contribution in [1.82, 2.24) is 10.3 Å². The molecule has 2 unspecified atom stereocenters. The highest BCUT2D eigenvalue weighted by molar-refractivity contribution is 7.93. The first kappa shape index (κ1) is 23.0. The van der Waals surface area contributed by atoms with Crippen molar-refractivity contribution in [3.05, 3.63) is 87.4 Å². The minimum atomic E-state index is -4.02. The highest BCUT2D eigenvalue weighted by Gasteiger charge is 2.39. The molecule has 2 aliphatic rings. The summed E-state index contributed by atoms with van der Waals surface area (Å²) in [5.74, 6) is -0.182. The molecule has 172 valence electrons. The van der Waals surface area contributed by atoms with E-state index in [0.717, 1.165) is 5.56 Å². The summed E-state index contributed by atoms with van der Waals surface area (Å²) in [5.41, 5.74) is 1.90. The van der Waals surface area contributed by atoms with Gasteiger partial charge in [0.05, 0.1) is 36.9 Å². The minimum absolute atomic E-state index is 0.00526.